The molecule has 5 heteroatoms. The van der Waals surface area contributed by atoms with E-state index in [-0.39, 0.29) is 24.5 Å². The lowest BCUT2D eigenvalue weighted by atomic mass is 10.1. The number of carbonyl (C=O) groups excluding carboxylic acids is 1. The van der Waals surface area contributed by atoms with Crippen LogP contribution in [0.5, 0.6) is 0 Å². The molecule has 0 saturated carbocycles. The number of carbonyl (C=O) groups is 1. The van der Waals surface area contributed by atoms with Crippen molar-refractivity contribution in [2.24, 2.45) is 0 Å². The van der Waals surface area contributed by atoms with E-state index in [1.807, 2.05) is 36.4 Å². The molecule has 0 aliphatic rings. The molecule has 0 amide bonds. The second kappa shape index (κ2) is 6.62. The van der Waals surface area contributed by atoms with E-state index in [1.54, 1.807) is 10.8 Å². The number of hydrogen-bond acceptors (Lipinski definition) is 1. The summed E-state index contributed by atoms with van der Waals surface area (Å²) in [5.41, 5.74) is 0.785. The van der Waals surface area contributed by atoms with E-state index in [0.29, 0.717) is 0 Å². The quantitative estimate of drug-likeness (QED) is 0.502. The Labute approximate surface area is 132 Å². The summed E-state index contributed by atoms with van der Waals surface area (Å²) in [5.74, 6) is -1.92. The molecule has 0 N–H and O–H groups in total. The molecule has 0 unspecified atom stereocenters. The minimum absolute atomic E-state index is 0. The van der Waals surface area contributed by atoms with Gasteiger partial charge in [0.05, 0.1) is 5.56 Å². The molecule has 22 heavy (non-hydrogen) atoms. The molecule has 0 fully saturated rings. The molecule has 3 rings (SSSR count). The van der Waals surface area contributed by atoms with Crippen molar-refractivity contribution < 1.29 is 30.5 Å². The van der Waals surface area contributed by atoms with Crippen LogP contribution in [0, 0.1) is 11.6 Å². The number of hydrogen-bond donors (Lipinski definition) is 0. The van der Waals surface area contributed by atoms with Crippen molar-refractivity contribution in [2.75, 3.05) is 0 Å². The Morgan fingerprint density at radius 1 is 1.00 bits per heavy atom. The van der Waals surface area contributed by atoms with E-state index < -0.39 is 17.4 Å². The van der Waals surface area contributed by atoms with E-state index in [9.17, 15) is 13.6 Å². The van der Waals surface area contributed by atoms with E-state index in [2.05, 4.69) is 0 Å². The highest BCUT2D eigenvalue weighted by Gasteiger charge is 2.18. The van der Waals surface area contributed by atoms with Gasteiger partial charge >= 0.3 is 0 Å². The Hall–Kier alpha value is -2.33. The number of halogens is 3. The Morgan fingerprint density at radius 3 is 2.50 bits per heavy atom. The third kappa shape index (κ3) is 3.12. The van der Waals surface area contributed by atoms with Gasteiger partial charge in [-0.15, -0.1) is 0 Å². The van der Waals surface area contributed by atoms with Crippen LogP contribution in [0.25, 0.3) is 10.9 Å². The van der Waals surface area contributed by atoms with Gasteiger partial charge in [-0.1, -0.05) is 12.1 Å². The van der Waals surface area contributed by atoms with Gasteiger partial charge in [-0.05, 0) is 24.3 Å². The van der Waals surface area contributed by atoms with Gasteiger partial charge in [0.1, 0.15) is 11.6 Å². The van der Waals surface area contributed by atoms with Crippen LogP contribution in [-0.2, 0) is 6.54 Å². The molecule has 2 nitrogen and oxygen atoms in total. The maximum absolute atomic E-state index is 13.6. The van der Waals surface area contributed by atoms with Crippen molar-refractivity contribution in [3.63, 3.8) is 0 Å². The number of benzene rings is 2. The molecule has 0 saturated heterocycles. The minimum atomic E-state index is -0.833. The van der Waals surface area contributed by atoms with Crippen molar-refractivity contribution >= 4 is 16.7 Å². The van der Waals surface area contributed by atoms with Crippen molar-refractivity contribution in [3.8, 4) is 0 Å². The van der Waals surface area contributed by atoms with Gasteiger partial charge in [-0.3, -0.25) is 4.79 Å². The number of ketones is 1. The molecule has 1 heterocycles. The molecule has 0 spiro atoms. The highest BCUT2D eigenvalue weighted by Crippen LogP contribution is 2.12. The molecule has 3 aromatic rings. The number of rotatable bonds is 3. The number of pyridine rings is 1. The third-order valence-electron chi connectivity index (χ3n) is 3.33. The fourth-order valence-electron chi connectivity index (χ4n) is 2.31. The van der Waals surface area contributed by atoms with Gasteiger partial charge in [-0.25, -0.2) is 8.78 Å². The summed E-state index contributed by atoms with van der Waals surface area (Å²) in [4.78, 5) is 12.2. The number of nitrogens with zero attached hydrogens (tertiary/aromatic N) is 1. The molecule has 1 aromatic heterocycles. The number of para-hydroxylation sites is 1. The van der Waals surface area contributed by atoms with Crippen molar-refractivity contribution in [1.82, 2.24) is 0 Å². The topological polar surface area (TPSA) is 20.9 Å². The molecule has 0 aliphatic carbocycles. The summed E-state index contributed by atoms with van der Waals surface area (Å²) in [7, 11) is 0. The van der Waals surface area contributed by atoms with E-state index >= 15 is 0 Å². The van der Waals surface area contributed by atoms with Gasteiger partial charge in [0.2, 0.25) is 17.8 Å². The summed E-state index contributed by atoms with van der Waals surface area (Å²) in [5, 5.41) is 0.993. The predicted molar refractivity (Wildman–Crippen MR) is 74.8 cm³/mol. The summed E-state index contributed by atoms with van der Waals surface area (Å²) >= 11 is 0. The van der Waals surface area contributed by atoms with Crippen molar-refractivity contribution in [3.05, 3.63) is 78.0 Å². The zero-order chi connectivity index (χ0) is 14.8. The Kier molecular flexibility index (Phi) is 4.83. The first kappa shape index (κ1) is 16.0. The molecule has 0 radical (unpaired) electrons. The van der Waals surface area contributed by atoms with Crippen molar-refractivity contribution in [2.45, 2.75) is 6.54 Å². The second-order valence-corrected chi connectivity index (χ2v) is 4.74. The SMILES string of the molecule is O=C(C[n+]1cccc2ccccc21)c1ccc(F)cc1F.[Cl-]. The molecule has 0 aliphatic heterocycles. The van der Waals surface area contributed by atoms with Gasteiger partial charge in [0.25, 0.3) is 0 Å². The van der Waals surface area contributed by atoms with Crippen LogP contribution in [0.2, 0.25) is 0 Å². The lowest BCUT2D eigenvalue weighted by Crippen LogP contribution is -3.00. The number of Topliss-reactive ketones (excluding diaryl/α,β-unsaturated/α-hetero) is 1. The maximum atomic E-state index is 13.6. The second-order valence-electron chi connectivity index (χ2n) is 4.74. The Balaban J connectivity index is 0.00000176. The predicted octanol–water partition coefficient (Wildman–Crippen LogP) is 0.292. The highest BCUT2D eigenvalue weighted by atomic mass is 35.5. The lowest BCUT2D eigenvalue weighted by molar-refractivity contribution is -0.657. The minimum Gasteiger partial charge on any atom is -1.00 e. The normalized spacial score (nSPS) is 10.3. The van der Waals surface area contributed by atoms with Crippen LogP contribution in [0.3, 0.4) is 0 Å². The fourth-order valence-corrected chi connectivity index (χ4v) is 2.31. The zero-order valence-corrected chi connectivity index (χ0v) is 12.2. The van der Waals surface area contributed by atoms with Gasteiger partial charge in [0.15, 0.2) is 6.20 Å². The highest BCUT2D eigenvalue weighted by molar-refractivity contribution is 5.95. The van der Waals surface area contributed by atoms with Crippen LogP contribution in [0.15, 0.2) is 60.8 Å². The standard InChI is InChI=1S/C17H12F2NO.ClH/c18-13-7-8-14(15(19)10-13)17(21)11-20-9-3-5-12-4-1-2-6-16(12)20;/h1-10H,11H2;1H/q+1;/p-1. The zero-order valence-electron chi connectivity index (χ0n) is 11.5. The Bertz CT molecular complexity index is 831. The molecular formula is C17H12ClF2NO. The molecule has 2 aromatic carbocycles. The van der Waals surface area contributed by atoms with Crippen LogP contribution >= 0.6 is 0 Å². The largest absolute Gasteiger partial charge is 1.00 e. The van der Waals surface area contributed by atoms with Crippen LogP contribution in [0.1, 0.15) is 10.4 Å². The third-order valence-corrected chi connectivity index (χ3v) is 3.33. The van der Waals surface area contributed by atoms with Crippen molar-refractivity contribution in [1.29, 1.82) is 0 Å². The average Bonchev–Trinajstić information content (AvgIpc) is 2.47. The van der Waals surface area contributed by atoms with Gasteiger partial charge in [0, 0.05) is 23.6 Å². The molecular weight excluding hydrogens is 308 g/mol. The molecule has 112 valence electrons. The molecule has 0 atom stereocenters. The van der Waals surface area contributed by atoms with Gasteiger partial charge < -0.3 is 12.4 Å². The monoisotopic (exact) mass is 319 g/mol. The molecule has 0 bridgehead atoms. The van der Waals surface area contributed by atoms with Crippen LogP contribution < -0.4 is 17.0 Å². The first-order chi connectivity index (χ1) is 10.1. The lowest BCUT2D eigenvalue weighted by Gasteiger charge is -2.02. The fraction of sp³-hybridized carbons (Fsp3) is 0.0588. The van der Waals surface area contributed by atoms with Crippen LogP contribution in [0.4, 0.5) is 8.78 Å². The maximum Gasteiger partial charge on any atom is 0.230 e. The summed E-state index contributed by atoms with van der Waals surface area (Å²) in [6.07, 6.45) is 1.77. The summed E-state index contributed by atoms with van der Waals surface area (Å²) < 4.78 is 28.3. The van der Waals surface area contributed by atoms with E-state index in [0.717, 1.165) is 23.0 Å². The van der Waals surface area contributed by atoms with E-state index in [1.165, 1.54) is 6.07 Å². The Morgan fingerprint density at radius 2 is 1.73 bits per heavy atom. The number of fused-ring (bicyclic) bond motifs is 1. The summed E-state index contributed by atoms with van der Waals surface area (Å²) in [6, 6.07) is 14.4. The average molecular weight is 320 g/mol. The first-order valence-corrected chi connectivity index (χ1v) is 6.50. The van der Waals surface area contributed by atoms with E-state index in [4.69, 9.17) is 0 Å². The van der Waals surface area contributed by atoms with Crippen LogP contribution in [-0.4, -0.2) is 5.78 Å². The smallest absolute Gasteiger partial charge is 0.230 e. The number of aromatic nitrogens is 1. The van der Waals surface area contributed by atoms with Gasteiger partial charge in [-0.2, -0.15) is 4.57 Å². The first-order valence-electron chi connectivity index (χ1n) is 6.50. The summed E-state index contributed by atoms with van der Waals surface area (Å²) in [6.45, 7) is 0.00387.